The van der Waals surface area contributed by atoms with Crippen LogP contribution in [-0.2, 0) is 9.59 Å². The van der Waals surface area contributed by atoms with Gasteiger partial charge in [-0.15, -0.1) is 0 Å². The number of carbonyl (C=O) groups excluding carboxylic acids is 1. The summed E-state index contributed by atoms with van der Waals surface area (Å²) >= 11 is 11.3. The first-order chi connectivity index (χ1) is 7.40. The summed E-state index contributed by atoms with van der Waals surface area (Å²) in [5, 5.41) is 10.8. The summed E-state index contributed by atoms with van der Waals surface area (Å²) in [7, 11) is 0. The van der Waals surface area contributed by atoms with Crippen LogP contribution in [0.25, 0.3) is 0 Å². The molecule has 4 nitrogen and oxygen atoms in total. The summed E-state index contributed by atoms with van der Waals surface area (Å²) < 4.78 is 12.7. The molecule has 7 heteroatoms. The average Bonchev–Trinajstić information content (AvgIpc) is 2.14. The second-order valence-corrected chi connectivity index (χ2v) is 3.72. The predicted octanol–water partition coefficient (Wildman–Crippen LogP) is 2.35. The van der Waals surface area contributed by atoms with Crippen LogP contribution in [0.4, 0.5) is 10.1 Å². The molecule has 0 heterocycles. The van der Waals surface area contributed by atoms with Crippen LogP contribution in [0.2, 0.25) is 10.0 Å². The van der Waals surface area contributed by atoms with Crippen molar-refractivity contribution in [2.24, 2.45) is 0 Å². The van der Waals surface area contributed by atoms with Gasteiger partial charge in [-0.2, -0.15) is 0 Å². The van der Waals surface area contributed by atoms with Crippen molar-refractivity contribution in [3.05, 3.63) is 28.2 Å². The Kier molecular flexibility index (Phi) is 4.09. The van der Waals surface area contributed by atoms with E-state index in [1.807, 2.05) is 5.32 Å². The largest absolute Gasteiger partial charge is 0.479 e. The Bertz CT molecular complexity index is 419. The van der Waals surface area contributed by atoms with Crippen molar-refractivity contribution in [2.75, 3.05) is 5.32 Å². The molecule has 0 aromatic heterocycles. The van der Waals surface area contributed by atoms with Crippen molar-refractivity contribution in [1.82, 2.24) is 0 Å². The summed E-state index contributed by atoms with van der Waals surface area (Å²) in [6.45, 7) is 0. The van der Waals surface area contributed by atoms with Gasteiger partial charge in [0.15, 0.2) is 0 Å². The number of amides is 1. The van der Waals surface area contributed by atoms with Gasteiger partial charge in [-0.3, -0.25) is 4.79 Å². The monoisotopic (exact) mass is 265 g/mol. The summed E-state index contributed by atoms with van der Waals surface area (Å²) in [6.07, 6.45) is -2.63. The van der Waals surface area contributed by atoms with Crippen molar-refractivity contribution in [3.8, 4) is 0 Å². The lowest BCUT2D eigenvalue weighted by molar-refractivity contribution is -0.146. The van der Waals surface area contributed by atoms with Gasteiger partial charge in [0.2, 0.25) is 0 Å². The Morgan fingerprint density at radius 2 is 1.75 bits per heavy atom. The van der Waals surface area contributed by atoms with Gasteiger partial charge >= 0.3 is 5.97 Å². The van der Waals surface area contributed by atoms with Crippen LogP contribution in [-0.4, -0.2) is 23.2 Å². The van der Waals surface area contributed by atoms with E-state index < -0.39 is 18.0 Å². The van der Waals surface area contributed by atoms with Crippen LogP contribution in [0.1, 0.15) is 0 Å². The number of hydrogen-bond acceptors (Lipinski definition) is 2. The van der Waals surface area contributed by atoms with Gasteiger partial charge in [-0.05, 0) is 18.2 Å². The fraction of sp³-hybridized carbons (Fsp3) is 0.111. The quantitative estimate of drug-likeness (QED) is 0.825. The lowest BCUT2D eigenvalue weighted by Gasteiger charge is -2.06. The van der Waals surface area contributed by atoms with Crippen LogP contribution in [0.15, 0.2) is 18.2 Å². The van der Waals surface area contributed by atoms with E-state index in [0.29, 0.717) is 0 Å². The molecule has 0 spiro atoms. The maximum atomic E-state index is 12.7. The molecule has 0 saturated heterocycles. The van der Waals surface area contributed by atoms with E-state index in [9.17, 15) is 14.0 Å². The Hall–Kier alpha value is -1.33. The molecule has 1 rings (SSSR count). The first-order valence-corrected chi connectivity index (χ1v) is 4.79. The maximum Gasteiger partial charge on any atom is 0.348 e. The molecule has 0 aliphatic rings. The Morgan fingerprint density at radius 1 is 1.25 bits per heavy atom. The number of carboxylic acid groups (broad SMARTS) is 1. The van der Waals surface area contributed by atoms with Crippen molar-refractivity contribution < 1.29 is 19.1 Å². The van der Waals surface area contributed by atoms with Crippen LogP contribution in [0.3, 0.4) is 0 Å². The molecule has 2 N–H and O–H groups in total. The molecule has 1 aromatic carbocycles. The van der Waals surface area contributed by atoms with Gasteiger partial charge in [0.1, 0.15) is 0 Å². The lowest BCUT2D eigenvalue weighted by Crippen LogP contribution is -2.31. The molecule has 1 aromatic rings. The van der Waals surface area contributed by atoms with Gasteiger partial charge in [0, 0.05) is 15.7 Å². The first kappa shape index (κ1) is 12.7. The number of aliphatic carboxylic acids is 1. The average molecular weight is 266 g/mol. The second kappa shape index (κ2) is 5.14. The highest BCUT2D eigenvalue weighted by atomic mass is 35.5. The van der Waals surface area contributed by atoms with Crippen LogP contribution < -0.4 is 5.32 Å². The van der Waals surface area contributed by atoms with E-state index in [0.717, 1.165) is 0 Å². The highest BCUT2D eigenvalue weighted by Crippen LogP contribution is 2.22. The molecule has 1 atom stereocenters. The first-order valence-electron chi connectivity index (χ1n) is 4.04. The number of benzene rings is 1. The zero-order valence-corrected chi connectivity index (χ0v) is 9.22. The van der Waals surface area contributed by atoms with Crippen LogP contribution in [0, 0.1) is 0 Å². The molecule has 16 heavy (non-hydrogen) atoms. The number of carbonyl (C=O) groups is 2. The standard InChI is InChI=1S/C9H6Cl2FNO3/c10-4-1-5(11)3-6(2-4)13-8(14)7(12)9(15)16/h1-3,7H,(H,13,14)(H,15,16). The maximum absolute atomic E-state index is 12.7. The normalized spacial score (nSPS) is 11.9. The fourth-order valence-electron chi connectivity index (χ4n) is 0.944. The van der Waals surface area contributed by atoms with E-state index in [1.165, 1.54) is 18.2 Å². The molecular weight excluding hydrogens is 260 g/mol. The Balaban J connectivity index is 2.81. The highest BCUT2D eigenvalue weighted by molar-refractivity contribution is 6.35. The third kappa shape index (κ3) is 3.36. The number of alkyl halides is 1. The summed E-state index contributed by atoms with van der Waals surface area (Å²) in [6, 6.07) is 4.06. The van der Waals surface area contributed by atoms with E-state index >= 15 is 0 Å². The van der Waals surface area contributed by atoms with E-state index in [1.54, 1.807) is 0 Å². The van der Waals surface area contributed by atoms with Gasteiger partial charge in [0.25, 0.3) is 12.1 Å². The highest BCUT2D eigenvalue weighted by Gasteiger charge is 2.25. The topological polar surface area (TPSA) is 66.4 Å². The smallest absolute Gasteiger partial charge is 0.348 e. The van der Waals surface area contributed by atoms with Crippen molar-refractivity contribution >= 4 is 40.8 Å². The molecule has 0 bridgehead atoms. The Labute approximate surface area is 100.0 Å². The number of nitrogens with one attached hydrogen (secondary N) is 1. The van der Waals surface area contributed by atoms with Gasteiger partial charge in [-0.1, -0.05) is 23.2 Å². The van der Waals surface area contributed by atoms with Crippen molar-refractivity contribution in [3.63, 3.8) is 0 Å². The molecule has 0 aliphatic carbocycles. The summed E-state index contributed by atoms with van der Waals surface area (Å²) in [4.78, 5) is 21.2. The van der Waals surface area contributed by atoms with Gasteiger partial charge in [-0.25, -0.2) is 9.18 Å². The van der Waals surface area contributed by atoms with Gasteiger partial charge in [0.05, 0.1) is 0 Å². The molecule has 0 saturated carbocycles. The Morgan fingerprint density at radius 3 is 2.19 bits per heavy atom. The summed E-state index contributed by atoms with van der Waals surface area (Å²) in [5.41, 5.74) is 0.131. The lowest BCUT2D eigenvalue weighted by atomic mass is 10.3. The third-order valence-corrected chi connectivity index (χ3v) is 2.01. The number of rotatable bonds is 3. The minimum atomic E-state index is -2.63. The zero-order valence-electron chi connectivity index (χ0n) is 7.71. The number of anilines is 1. The van der Waals surface area contributed by atoms with Gasteiger partial charge < -0.3 is 10.4 Å². The second-order valence-electron chi connectivity index (χ2n) is 2.85. The number of halogens is 3. The molecule has 0 fully saturated rings. The van der Waals surface area contributed by atoms with E-state index in [-0.39, 0.29) is 15.7 Å². The number of hydrogen-bond donors (Lipinski definition) is 2. The molecule has 86 valence electrons. The molecule has 0 radical (unpaired) electrons. The minimum Gasteiger partial charge on any atom is -0.479 e. The van der Waals surface area contributed by atoms with E-state index in [4.69, 9.17) is 28.3 Å². The SMILES string of the molecule is O=C(O)C(F)C(=O)Nc1cc(Cl)cc(Cl)c1. The fourth-order valence-corrected chi connectivity index (χ4v) is 1.47. The molecule has 0 aliphatic heterocycles. The van der Waals surface area contributed by atoms with Crippen molar-refractivity contribution in [1.29, 1.82) is 0 Å². The predicted molar refractivity (Wildman–Crippen MR) is 57.6 cm³/mol. The molecule has 1 amide bonds. The molecule has 1 unspecified atom stereocenters. The van der Waals surface area contributed by atoms with Crippen LogP contribution >= 0.6 is 23.2 Å². The van der Waals surface area contributed by atoms with Crippen LogP contribution in [0.5, 0.6) is 0 Å². The molecular formula is C9H6Cl2FNO3. The van der Waals surface area contributed by atoms with E-state index in [2.05, 4.69) is 0 Å². The zero-order chi connectivity index (χ0) is 12.3. The summed E-state index contributed by atoms with van der Waals surface area (Å²) in [5.74, 6) is -3.14. The number of carboxylic acids is 1. The third-order valence-electron chi connectivity index (χ3n) is 1.58. The van der Waals surface area contributed by atoms with Crippen molar-refractivity contribution in [2.45, 2.75) is 6.17 Å². The minimum absolute atomic E-state index is 0.131.